The van der Waals surface area contributed by atoms with Crippen molar-refractivity contribution in [2.24, 2.45) is 11.7 Å². The molecule has 1 amide bonds. The molecule has 0 saturated carbocycles. The minimum Gasteiger partial charge on any atom is -0.395 e. The van der Waals surface area contributed by atoms with Gasteiger partial charge in [0.1, 0.15) is 0 Å². The summed E-state index contributed by atoms with van der Waals surface area (Å²) in [5, 5.41) is 11.0. The fourth-order valence-corrected chi connectivity index (χ4v) is 0.809. The van der Waals surface area contributed by atoms with Crippen molar-refractivity contribution < 1.29 is 9.90 Å². The van der Waals surface area contributed by atoms with Crippen LogP contribution >= 0.6 is 0 Å². The molecule has 12 heavy (non-hydrogen) atoms. The van der Waals surface area contributed by atoms with Crippen molar-refractivity contribution in [3.8, 4) is 0 Å². The van der Waals surface area contributed by atoms with Gasteiger partial charge in [-0.1, -0.05) is 20.3 Å². The smallest absolute Gasteiger partial charge is 0.237 e. The number of carbonyl (C=O) groups excluding carboxylic acids is 1. The zero-order valence-electron chi connectivity index (χ0n) is 7.71. The second-order valence-corrected chi connectivity index (χ2v) is 2.93. The predicted octanol–water partition coefficient (Wildman–Crippen LogP) is -0.532. The van der Waals surface area contributed by atoms with Gasteiger partial charge in [0.15, 0.2) is 0 Å². The molecule has 4 nitrogen and oxygen atoms in total. The molecular formula is C8H18N2O2. The Morgan fingerprint density at radius 2 is 2.25 bits per heavy atom. The highest BCUT2D eigenvalue weighted by Crippen LogP contribution is 2.04. The molecule has 0 rings (SSSR count). The molecule has 0 heterocycles. The third-order valence-corrected chi connectivity index (χ3v) is 1.97. The van der Waals surface area contributed by atoms with Crippen LogP contribution in [-0.4, -0.2) is 30.2 Å². The van der Waals surface area contributed by atoms with E-state index < -0.39 is 6.04 Å². The Hall–Kier alpha value is -0.610. The molecule has 0 radical (unpaired) electrons. The summed E-state index contributed by atoms with van der Waals surface area (Å²) >= 11 is 0. The number of nitrogens with two attached hydrogens (primary N) is 1. The fraction of sp³-hybridized carbons (Fsp3) is 0.875. The molecule has 0 aliphatic carbocycles. The summed E-state index contributed by atoms with van der Waals surface area (Å²) in [6.07, 6.45) is 0.883. The van der Waals surface area contributed by atoms with Gasteiger partial charge < -0.3 is 16.2 Å². The second-order valence-electron chi connectivity index (χ2n) is 2.93. The van der Waals surface area contributed by atoms with E-state index in [4.69, 9.17) is 10.8 Å². The SMILES string of the molecule is CCC(C)C(N)C(=O)NCCO. The molecule has 4 N–H and O–H groups in total. The fourth-order valence-electron chi connectivity index (χ4n) is 0.809. The number of hydrogen-bond acceptors (Lipinski definition) is 3. The van der Waals surface area contributed by atoms with Crippen molar-refractivity contribution in [3.05, 3.63) is 0 Å². The van der Waals surface area contributed by atoms with E-state index in [1.54, 1.807) is 0 Å². The summed E-state index contributed by atoms with van der Waals surface area (Å²) in [7, 11) is 0. The summed E-state index contributed by atoms with van der Waals surface area (Å²) in [6.45, 7) is 4.16. The first kappa shape index (κ1) is 11.4. The number of aliphatic hydroxyl groups is 1. The predicted molar refractivity (Wildman–Crippen MR) is 47.5 cm³/mol. The van der Waals surface area contributed by atoms with Gasteiger partial charge in [-0.3, -0.25) is 4.79 Å². The molecule has 0 bridgehead atoms. The number of hydrogen-bond donors (Lipinski definition) is 3. The van der Waals surface area contributed by atoms with Gasteiger partial charge >= 0.3 is 0 Å². The standard InChI is InChI=1S/C8H18N2O2/c1-3-6(2)7(9)8(12)10-4-5-11/h6-7,11H,3-5,9H2,1-2H3,(H,10,12). The maximum absolute atomic E-state index is 11.2. The van der Waals surface area contributed by atoms with Crippen LogP contribution in [0.25, 0.3) is 0 Å². The monoisotopic (exact) mass is 174 g/mol. The molecule has 2 unspecified atom stereocenters. The number of aliphatic hydroxyl groups excluding tert-OH is 1. The highest BCUT2D eigenvalue weighted by atomic mass is 16.3. The molecule has 2 atom stereocenters. The summed E-state index contributed by atoms with van der Waals surface area (Å²) in [6, 6.07) is -0.457. The lowest BCUT2D eigenvalue weighted by Crippen LogP contribution is -2.45. The number of rotatable bonds is 5. The normalized spacial score (nSPS) is 15.3. The summed E-state index contributed by atoms with van der Waals surface area (Å²) < 4.78 is 0. The van der Waals surface area contributed by atoms with Gasteiger partial charge in [-0.05, 0) is 5.92 Å². The van der Waals surface area contributed by atoms with E-state index in [1.807, 2.05) is 13.8 Å². The van der Waals surface area contributed by atoms with Gasteiger partial charge in [0.05, 0.1) is 12.6 Å². The minimum absolute atomic E-state index is 0.0427. The largest absolute Gasteiger partial charge is 0.395 e. The van der Waals surface area contributed by atoms with Crippen molar-refractivity contribution in [3.63, 3.8) is 0 Å². The second kappa shape index (κ2) is 5.97. The van der Waals surface area contributed by atoms with E-state index in [-0.39, 0.29) is 25.0 Å². The highest BCUT2D eigenvalue weighted by Gasteiger charge is 2.18. The summed E-state index contributed by atoms with van der Waals surface area (Å²) in [4.78, 5) is 11.2. The zero-order valence-corrected chi connectivity index (χ0v) is 7.71. The Labute approximate surface area is 73.1 Å². The van der Waals surface area contributed by atoms with E-state index in [9.17, 15) is 4.79 Å². The van der Waals surface area contributed by atoms with E-state index in [2.05, 4.69) is 5.32 Å². The van der Waals surface area contributed by atoms with Crippen LogP contribution in [-0.2, 0) is 4.79 Å². The van der Waals surface area contributed by atoms with Crippen LogP contribution in [0.5, 0.6) is 0 Å². The summed E-state index contributed by atoms with van der Waals surface area (Å²) in [5.74, 6) is 0.00194. The van der Waals surface area contributed by atoms with E-state index in [1.165, 1.54) is 0 Å². The molecule has 0 aromatic rings. The number of amides is 1. The van der Waals surface area contributed by atoms with Gasteiger partial charge in [-0.2, -0.15) is 0 Å². The van der Waals surface area contributed by atoms with Gasteiger partial charge in [0.25, 0.3) is 0 Å². The van der Waals surface area contributed by atoms with Crippen molar-refractivity contribution in [1.29, 1.82) is 0 Å². The van der Waals surface area contributed by atoms with Gasteiger partial charge in [0.2, 0.25) is 5.91 Å². The first-order valence-corrected chi connectivity index (χ1v) is 4.27. The van der Waals surface area contributed by atoms with Crippen LogP contribution in [0.2, 0.25) is 0 Å². The maximum Gasteiger partial charge on any atom is 0.237 e. The minimum atomic E-state index is -0.457. The average molecular weight is 174 g/mol. The van der Waals surface area contributed by atoms with Crippen LogP contribution < -0.4 is 11.1 Å². The Morgan fingerprint density at radius 3 is 2.67 bits per heavy atom. The maximum atomic E-state index is 11.2. The molecular weight excluding hydrogens is 156 g/mol. The molecule has 0 saturated heterocycles. The topological polar surface area (TPSA) is 75.4 Å². The first-order chi connectivity index (χ1) is 5.63. The van der Waals surface area contributed by atoms with Crippen LogP contribution in [0.1, 0.15) is 20.3 Å². The lowest BCUT2D eigenvalue weighted by Gasteiger charge is -2.17. The van der Waals surface area contributed by atoms with Crippen molar-refractivity contribution >= 4 is 5.91 Å². The molecule has 0 aliphatic rings. The third kappa shape index (κ3) is 3.69. The first-order valence-electron chi connectivity index (χ1n) is 4.27. The van der Waals surface area contributed by atoms with Gasteiger partial charge in [-0.25, -0.2) is 0 Å². The molecule has 0 aliphatic heterocycles. The number of nitrogens with one attached hydrogen (secondary N) is 1. The Kier molecular flexibility index (Phi) is 5.66. The molecule has 0 aromatic heterocycles. The Morgan fingerprint density at radius 1 is 1.67 bits per heavy atom. The van der Waals surface area contributed by atoms with Crippen LogP contribution in [0.15, 0.2) is 0 Å². The van der Waals surface area contributed by atoms with E-state index in [0.29, 0.717) is 0 Å². The number of carbonyl (C=O) groups is 1. The molecule has 4 heteroatoms. The van der Waals surface area contributed by atoms with E-state index >= 15 is 0 Å². The molecule has 0 aromatic carbocycles. The Bertz CT molecular complexity index is 139. The molecule has 0 fully saturated rings. The van der Waals surface area contributed by atoms with Crippen molar-refractivity contribution in [2.75, 3.05) is 13.2 Å². The zero-order chi connectivity index (χ0) is 9.56. The van der Waals surface area contributed by atoms with Gasteiger partial charge in [0, 0.05) is 6.54 Å². The lowest BCUT2D eigenvalue weighted by molar-refractivity contribution is -0.123. The molecule has 0 spiro atoms. The Balaban J connectivity index is 3.75. The van der Waals surface area contributed by atoms with Crippen molar-refractivity contribution in [1.82, 2.24) is 5.32 Å². The van der Waals surface area contributed by atoms with Crippen LogP contribution in [0, 0.1) is 5.92 Å². The summed E-state index contributed by atoms with van der Waals surface area (Å²) in [5.41, 5.74) is 5.62. The van der Waals surface area contributed by atoms with E-state index in [0.717, 1.165) is 6.42 Å². The quantitative estimate of drug-likeness (QED) is 0.524. The average Bonchev–Trinajstić information content (AvgIpc) is 2.11. The van der Waals surface area contributed by atoms with Crippen LogP contribution in [0.4, 0.5) is 0 Å². The highest BCUT2D eigenvalue weighted by molar-refractivity contribution is 5.81. The molecule has 72 valence electrons. The third-order valence-electron chi connectivity index (χ3n) is 1.97. The van der Waals surface area contributed by atoms with Gasteiger partial charge in [-0.15, -0.1) is 0 Å². The lowest BCUT2D eigenvalue weighted by atomic mass is 9.99. The van der Waals surface area contributed by atoms with Crippen molar-refractivity contribution in [2.45, 2.75) is 26.3 Å². The van der Waals surface area contributed by atoms with Crippen LogP contribution in [0.3, 0.4) is 0 Å².